The largest absolute Gasteiger partial charge is 0.368 e. The van der Waals surface area contributed by atoms with Crippen molar-refractivity contribution >= 4 is 10.0 Å². The minimum atomic E-state index is -3.54. The average Bonchev–Trinajstić information content (AvgIpc) is 2.73. The summed E-state index contributed by atoms with van der Waals surface area (Å²) in [6.45, 7) is 5.59. The van der Waals surface area contributed by atoms with E-state index < -0.39 is 10.0 Å². The Kier molecular flexibility index (Phi) is 3.95. The van der Waals surface area contributed by atoms with Crippen LogP contribution in [0, 0.1) is 0 Å². The van der Waals surface area contributed by atoms with E-state index in [0.29, 0.717) is 6.54 Å². The number of hydrogen-bond donors (Lipinski definition) is 2. The van der Waals surface area contributed by atoms with Gasteiger partial charge in [-0.15, -0.1) is 0 Å². The number of rotatable bonds is 4. The number of hydrogen-bond acceptors (Lipinski definition) is 5. The summed E-state index contributed by atoms with van der Waals surface area (Å²) in [7, 11) is -1.95. The molecular formula is C11H20N4O3S. The van der Waals surface area contributed by atoms with Gasteiger partial charge >= 0.3 is 0 Å². The lowest BCUT2D eigenvalue weighted by atomic mass is 10.1. The van der Waals surface area contributed by atoms with Crippen LogP contribution in [0.3, 0.4) is 0 Å². The van der Waals surface area contributed by atoms with Crippen molar-refractivity contribution in [2.24, 2.45) is 7.05 Å². The normalized spacial score (nSPS) is 23.4. The highest BCUT2D eigenvalue weighted by molar-refractivity contribution is 7.89. The second-order valence-electron chi connectivity index (χ2n) is 5.28. The molecule has 1 atom stereocenters. The van der Waals surface area contributed by atoms with Crippen molar-refractivity contribution in [3.05, 3.63) is 12.3 Å². The number of aromatic nitrogens is 2. The molecule has 0 aromatic carbocycles. The molecular weight excluding hydrogens is 268 g/mol. The number of nitrogens with zero attached hydrogens (tertiary/aromatic N) is 2. The Morgan fingerprint density at radius 3 is 2.95 bits per heavy atom. The standard InChI is InChI=1S/C11H20N4O3S/c1-11(2)8-12-6-9(18-11)7-14-19(16,17)10-4-5-13-15(10)3/h4-5,9,12,14H,6-8H2,1-3H3. The summed E-state index contributed by atoms with van der Waals surface area (Å²) in [5.41, 5.74) is -0.277. The minimum absolute atomic E-state index is 0.149. The quantitative estimate of drug-likeness (QED) is 0.777. The van der Waals surface area contributed by atoms with Crippen molar-refractivity contribution in [3.63, 3.8) is 0 Å². The van der Waals surface area contributed by atoms with E-state index in [1.54, 1.807) is 7.05 Å². The lowest BCUT2D eigenvalue weighted by Crippen LogP contribution is -2.53. The van der Waals surface area contributed by atoms with Crippen LogP contribution >= 0.6 is 0 Å². The third-order valence-corrected chi connectivity index (χ3v) is 4.46. The van der Waals surface area contributed by atoms with Gasteiger partial charge in [-0.1, -0.05) is 0 Å². The van der Waals surface area contributed by atoms with Gasteiger partial charge in [-0.3, -0.25) is 4.68 Å². The predicted octanol–water partition coefficient (Wildman–Crippen LogP) is -0.535. The zero-order chi connectivity index (χ0) is 14.1. The molecule has 0 radical (unpaired) electrons. The Morgan fingerprint density at radius 2 is 2.37 bits per heavy atom. The van der Waals surface area contributed by atoms with Crippen molar-refractivity contribution in [2.75, 3.05) is 19.6 Å². The number of aryl methyl sites for hydroxylation is 1. The van der Waals surface area contributed by atoms with Gasteiger partial charge in [0.05, 0.1) is 17.9 Å². The Hall–Kier alpha value is -0.960. The van der Waals surface area contributed by atoms with E-state index in [9.17, 15) is 8.42 Å². The smallest absolute Gasteiger partial charge is 0.257 e. The highest BCUT2D eigenvalue weighted by Gasteiger charge is 2.29. The molecule has 0 spiro atoms. The summed E-state index contributed by atoms with van der Waals surface area (Å²) in [5, 5.41) is 7.23. The Balaban J connectivity index is 1.97. The first-order valence-corrected chi connectivity index (χ1v) is 7.65. The molecule has 1 aromatic heterocycles. The number of sulfonamides is 1. The second-order valence-corrected chi connectivity index (χ2v) is 6.99. The highest BCUT2D eigenvalue weighted by atomic mass is 32.2. The maximum atomic E-state index is 12.1. The Bertz CT molecular complexity index is 538. The molecule has 1 fully saturated rings. The van der Waals surface area contributed by atoms with Crippen LogP contribution < -0.4 is 10.0 Å². The van der Waals surface area contributed by atoms with E-state index >= 15 is 0 Å². The SMILES string of the molecule is Cn1nccc1S(=O)(=O)NCC1CNCC(C)(C)O1. The fraction of sp³-hybridized carbons (Fsp3) is 0.727. The first-order valence-electron chi connectivity index (χ1n) is 6.16. The zero-order valence-corrected chi connectivity index (χ0v) is 12.2. The van der Waals surface area contributed by atoms with Gasteiger partial charge in [0.15, 0.2) is 5.03 Å². The highest BCUT2D eigenvalue weighted by Crippen LogP contribution is 2.15. The minimum Gasteiger partial charge on any atom is -0.368 e. The van der Waals surface area contributed by atoms with Gasteiger partial charge in [-0.05, 0) is 19.9 Å². The van der Waals surface area contributed by atoms with Gasteiger partial charge < -0.3 is 10.1 Å². The van der Waals surface area contributed by atoms with E-state index in [2.05, 4.69) is 15.1 Å². The number of nitrogens with one attached hydrogen (secondary N) is 2. The van der Waals surface area contributed by atoms with E-state index in [-0.39, 0.29) is 23.3 Å². The Morgan fingerprint density at radius 1 is 1.63 bits per heavy atom. The molecule has 0 amide bonds. The summed E-state index contributed by atoms with van der Waals surface area (Å²) in [4.78, 5) is 0. The molecule has 0 saturated carbocycles. The monoisotopic (exact) mass is 288 g/mol. The topological polar surface area (TPSA) is 85.2 Å². The van der Waals surface area contributed by atoms with Gasteiger partial charge in [0.25, 0.3) is 10.0 Å². The maximum Gasteiger partial charge on any atom is 0.257 e. The molecule has 8 heteroatoms. The fourth-order valence-electron chi connectivity index (χ4n) is 2.08. The summed E-state index contributed by atoms with van der Waals surface area (Å²) in [6, 6.07) is 1.46. The summed E-state index contributed by atoms with van der Waals surface area (Å²) < 4.78 is 33.8. The third-order valence-electron chi connectivity index (χ3n) is 2.96. The van der Waals surface area contributed by atoms with Crippen molar-refractivity contribution in [1.82, 2.24) is 19.8 Å². The van der Waals surface area contributed by atoms with Crippen LogP contribution in [0.15, 0.2) is 17.3 Å². The molecule has 2 heterocycles. The molecule has 1 aliphatic heterocycles. The van der Waals surface area contributed by atoms with Gasteiger partial charge in [0.2, 0.25) is 0 Å². The molecule has 0 bridgehead atoms. The van der Waals surface area contributed by atoms with Crippen molar-refractivity contribution in [2.45, 2.75) is 30.6 Å². The first-order chi connectivity index (χ1) is 8.80. The molecule has 1 unspecified atom stereocenters. The van der Waals surface area contributed by atoms with Crippen molar-refractivity contribution in [3.8, 4) is 0 Å². The van der Waals surface area contributed by atoms with Gasteiger partial charge in [-0.25, -0.2) is 13.1 Å². The molecule has 1 saturated heterocycles. The summed E-state index contributed by atoms with van der Waals surface area (Å²) >= 11 is 0. The molecule has 2 N–H and O–H groups in total. The van der Waals surface area contributed by atoms with Gasteiger partial charge in [0.1, 0.15) is 0 Å². The summed E-state index contributed by atoms with van der Waals surface area (Å²) in [5.74, 6) is 0. The number of morpholine rings is 1. The molecule has 19 heavy (non-hydrogen) atoms. The molecule has 1 aliphatic rings. The zero-order valence-electron chi connectivity index (χ0n) is 11.4. The molecule has 7 nitrogen and oxygen atoms in total. The van der Waals surface area contributed by atoms with Crippen LogP contribution in [0.4, 0.5) is 0 Å². The van der Waals surface area contributed by atoms with Gasteiger partial charge in [-0.2, -0.15) is 5.10 Å². The second kappa shape index (κ2) is 5.20. The van der Waals surface area contributed by atoms with Crippen LogP contribution in [0.25, 0.3) is 0 Å². The van der Waals surface area contributed by atoms with Crippen LogP contribution in [0.1, 0.15) is 13.8 Å². The molecule has 2 rings (SSSR count). The molecule has 0 aliphatic carbocycles. The van der Waals surface area contributed by atoms with Gasteiger partial charge in [0, 0.05) is 26.7 Å². The van der Waals surface area contributed by atoms with E-state index in [1.165, 1.54) is 16.9 Å². The van der Waals surface area contributed by atoms with Crippen molar-refractivity contribution < 1.29 is 13.2 Å². The lowest BCUT2D eigenvalue weighted by Gasteiger charge is -2.36. The van der Waals surface area contributed by atoms with Crippen LogP contribution in [-0.4, -0.2) is 49.5 Å². The van der Waals surface area contributed by atoms with Crippen LogP contribution in [-0.2, 0) is 21.8 Å². The molecule has 108 valence electrons. The average molecular weight is 288 g/mol. The van der Waals surface area contributed by atoms with Crippen molar-refractivity contribution in [1.29, 1.82) is 0 Å². The van der Waals surface area contributed by atoms with Crippen LogP contribution in [0.2, 0.25) is 0 Å². The fourth-order valence-corrected chi connectivity index (χ4v) is 3.27. The predicted molar refractivity (Wildman–Crippen MR) is 70.2 cm³/mol. The lowest BCUT2D eigenvalue weighted by molar-refractivity contribution is -0.0903. The maximum absolute atomic E-state index is 12.1. The van der Waals surface area contributed by atoms with E-state index in [0.717, 1.165) is 6.54 Å². The first kappa shape index (κ1) is 14.4. The third kappa shape index (κ3) is 3.53. The van der Waals surface area contributed by atoms with E-state index in [1.807, 2.05) is 13.8 Å². The summed E-state index contributed by atoms with van der Waals surface area (Å²) in [6.07, 6.45) is 1.28. The Labute approximate surface area is 113 Å². The molecule has 1 aromatic rings. The van der Waals surface area contributed by atoms with E-state index in [4.69, 9.17) is 4.74 Å². The van der Waals surface area contributed by atoms with Crippen LogP contribution in [0.5, 0.6) is 0 Å². The number of ether oxygens (including phenoxy) is 1.